The van der Waals surface area contributed by atoms with Crippen molar-refractivity contribution in [3.63, 3.8) is 0 Å². The van der Waals surface area contributed by atoms with E-state index in [9.17, 15) is 13.2 Å². The van der Waals surface area contributed by atoms with Gasteiger partial charge in [-0.15, -0.1) is 0 Å². The Morgan fingerprint density at radius 3 is 2.24 bits per heavy atom. The van der Waals surface area contributed by atoms with Crippen molar-refractivity contribution in [2.75, 3.05) is 34.7 Å². The van der Waals surface area contributed by atoms with Gasteiger partial charge >= 0.3 is 0 Å². The second kappa shape index (κ2) is 9.67. The fourth-order valence-electron chi connectivity index (χ4n) is 3.96. The molecule has 1 fully saturated rings. The van der Waals surface area contributed by atoms with Crippen LogP contribution in [0.3, 0.4) is 0 Å². The van der Waals surface area contributed by atoms with Crippen molar-refractivity contribution >= 4 is 33.0 Å². The molecule has 7 heteroatoms. The summed E-state index contributed by atoms with van der Waals surface area (Å²) in [5.41, 5.74) is 3.66. The van der Waals surface area contributed by atoms with E-state index in [0.29, 0.717) is 16.9 Å². The lowest BCUT2D eigenvalue weighted by Crippen LogP contribution is -2.29. The highest BCUT2D eigenvalue weighted by Gasteiger charge is 2.22. The molecular weight excluding hydrogens is 434 g/mol. The van der Waals surface area contributed by atoms with E-state index < -0.39 is 10.0 Å². The second-order valence-corrected chi connectivity index (χ2v) is 10.4. The minimum atomic E-state index is -3.73. The second-order valence-electron chi connectivity index (χ2n) is 8.38. The lowest BCUT2D eigenvalue weighted by molar-refractivity contribution is 0.102. The molecule has 0 aromatic heterocycles. The highest BCUT2D eigenvalue weighted by molar-refractivity contribution is 7.92. The highest BCUT2D eigenvalue weighted by atomic mass is 32.2. The summed E-state index contributed by atoms with van der Waals surface area (Å²) in [4.78, 5) is 15.4. The maximum absolute atomic E-state index is 13.0. The molecule has 0 radical (unpaired) electrons. The molecule has 1 amide bonds. The van der Waals surface area contributed by atoms with Gasteiger partial charge < -0.3 is 10.2 Å². The number of benzene rings is 3. The standard InChI is InChI=1S/C26H29N3O3S/c1-20-9-15-25(16-10-20)33(31,32)28(2)24-8-6-7-21(19-24)26(30)27-22-11-13-23(14-12-22)29-17-4-3-5-18-29/h6-16,19H,3-5,17-18H2,1-2H3,(H,27,30). The third-order valence-corrected chi connectivity index (χ3v) is 7.80. The van der Waals surface area contributed by atoms with Crippen LogP contribution in [0.15, 0.2) is 77.7 Å². The summed E-state index contributed by atoms with van der Waals surface area (Å²) in [6.07, 6.45) is 3.71. The number of carbonyl (C=O) groups excluding carboxylic acids is 1. The molecule has 0 saturated carbocycles. The normalized spacial score (nSPS) is 14.1. The van der Waals surface area contributed by atoms with Crippen molar-refractivity contribution in [1.82, 2.24) is 0 Å². The molecule has 1 heterocycles. The van der Waals surface area contributed by atoms with Gasteiger partial charge in [0.15, 0.2) is 0 Å². The Morgan fingerprint density at radius 2 is 1.58 bits per heavy atom. The number of carbonyl (C=O) groups is 1. The van der Waals surface area contributed by atoms with Gasteiger partial charge in [-0.3, -0.25) is 9.10 Å². The van der Waals surface area contributed by atoms with Gasteiger partial charge in [0.05, 0.1) is 10.6 Å². The number of anilines is 3. The molecule has 3 aromatic rings. The number of nitrogens with one attached hydrogen (secondary N) is 1. The summed E-state index contributed by atoms with van der Waals surface area (Å²) >= 11 is 0. The van der Waals surface area contributed by atoms with Gasteiger partial charge in [-0.25, -0.2) is 8.42 Å². The first-order valence-electron chi connectivity index (χ1n) is 11.2. The Balaban J connectivity index is 1.47. The third kappa shape index (κ3) is 5.20. The third-order valence-electron chi connectivity index (χ3n) is 6.00. The molecule has 1 aliphatic rings. The van der Waals surface area contributed by atoms with E-state index in [0.717, 1.165) is 24.3 Å². The van der Waals surface area contributed by atoms with Crippen molar-refractivity contribution in [2.45, 2.75) is 31.1 Å². The summed E-state index contributed by atoms with van der Waals surface area (Å²) in [5, 5.41) is 2.91. The van der Waals surface area contributed by atoms with E-state index in [-0.39, 0.29) is 10.8 Å². The first-order valence-corrected chi connectivity index (χ1v) is 12.6. The lowest BCUT2D eigenvalue weighted by Gasteiger charge is -2.28. The lowest BCUT2D eigenvalue weighted by atomic mass is 10.1. The number of nitrogens with zero attached hydrogens (tertiary/aromatic N) is 2. The first-order chi connectivity index (χ1) is 15.8. The van der Waals surface area contributed by atoms with Crippen molar-refractivity contribution in [1.29, 1.82) is 0 Å². The van der Waals surface area contributed by atoms with E-state index in [4.69, 9.17) is 0 Å². The number of amides is 1. The molecule has 0 spiro atoms. The Bertz CT molecular complexity index is 1220. The zero-order valence-corrected chi connectivity index (χ0v) is 19.8. The van der Waals surface area contributed by atoms with Gasteiger partial charge in [0.25, 0.3) is 15.9 Å². The monoisotopic (exact) mass is 463 g/mol. The smallest absolute Gasteiger partial charge is 0.264 e. The van der Waals surface area contributed by atoms with Crippen molar-refractivity contribution < 1.29 is 13.2 Å². The van der Waals surface area contributed by atoms with E-state index >= 15 is 0 Å². The van der Waals surface area contributed by atoms with E-state index in [1.54, 1.807) is 48.5 Å². The van der Waals surface area contributed by atoms with Crippen LogP contribution in [0.1, 0.15) is 35.2 Å². The van der Waals surface area contributed by atoms with Crippen LogP contribution in [0.4, 0.5) is 17.1 Å². The number of piperidine rings is 1. The van der Waals surface area contributed by atoms with Gasteiger partial charge in [0.1, 0.15) is 0 Å². The molecule has 172 valence electrons. The number of sulfonamides is 1. The van der Waals surface area contributed by atoms with Crippen molar-refractivity contribution in [2.24, 2.45) is 0 Å². The molecule has 1 aliphatic heterocycles. The maximum atomic E-state index is 13.0. The molecule has 0 atom stereocenters. The fraction of sp³-hybridized carbons (Fsp3) is 0.269. The van der Waals surface area contributed by atoms with Crippen LogP contribution < -0.4 is 14.5 Å². The summed E-state index contributed by atoms with van der Waals surface area (Å²) in [6.45, 7) is 4.04. The predicted octanol–water partition coefficient (Wildman–Crippen LogP) is 5.06. The minimum absolute atomic E-state index is 0.208. The van der Waals surface area contributed by atoms with Crippen LogP contribution in [-0.4, -0.2) is 34.5 Å². The Labute approximate surface area is 195 Å². The largest absolute Gasteiger partial charge is 0.372 e. The molecule has 4 rings (SSSR count). The molecule has 0 aliphatic carbocycles. The predicted molar refractivity (Wildman–Crippen MR) is 134 cm³/mol. The van der Waals surface area contributed by atoms with Crippen LogP contribution in [-0.2, 0) is 10.0 Å². The SMILES string of the molecule is Cc1ccc(S(=O)(=O)N(C)c2cccc(C(=O)Nc3ccc(N4CCCCC4)cc3)c2)cc1. The quantitative estimate of drug-likeness (QED) is 0.555. The molecule has 0 bridgehead atoms. The summed E-state index contributed by atoms with van der Waals surface area (Å²) in [7, 11) is -2.24. The molecule has 33 heavy (non-hydrogen) atoms. The van der Waals surface area contributed by atoms with Crippen LogP contribution in [0.2, 0.25) is 0 Å². The Morgan fingerprint density at radius 1 is 0.909 bits per heavy atom. The number of hydrogen-bond acceptors (Lipinski definition) is 4. The Kier molecular flexibility index (Phi) is 6.70. The van der Waals surface area contributed by atoms with E-state index in [1.807, 2.05) is 31.2 Å². The molecule has 6 nitrogen and oxygen atoms in total. The molecule has 3 aromatic carbocycles. The van der Waals surface area contributed by atoms with Crippen molar-refractivity contribution in [3.05, 3.63) is 83.9 Å². The number of hydrogen-bond donors (Lipinski definition) is 1. The van der Waals surface area contributed by atoms with Gasteiger partial charge in [-0.1, -0.05) is 23.8 Å². The first kappa shape index (κ1) is 22.9. The molecule has 1 saturated heterocycles. The molecule has 0 unspecified atom stereocenters. The summed E-state index contributed by atoms with van der Waals surface area (Å²) in [5.74, 6) is -0.288. The Hall–Kier alpha value is -3.32. The van der Waals surface area contributed by atoms with Crippen LogP contribution in [0.25, 0.3) is 0 Å². The van der Waals surface area contributed by atoms with E-state index in [1.165, 1.54) is 30.6 Å². The van der Waals surface area contributed by atoms with Gasteiger partial charge in [0.2, 0.25) is 0 Å². The average Bonchev–Trinajstić information content (AvgIpc) is 2.85. The highest BCUT2D eigenvalue weighted by Crippen LogP contribution is 2.25. The fourth-order valence-corrected chi connectivity index (χ4v) is 5.15. The van der Waals surface area contributed by atoms with Gasteiger partial charge in [0, 0.05) is 37.1 Å². The number of rotatable bonds is 6. The zero-order valence-electron chi connectivity index (χ0n) is 19.0. The van der Waals surface area contributed by atoms with Crippen molar-refractivity contribution in [3.8, 4) is 0 Å². The van der Waals surface area contributed by atoms with Crippen LogP contribution in [0.5, 0.6) is 0 Å². The van der Waals surface area contributed by atoms with Crippen LogP contribution >= 0.6 is 0 Å². The van der Waals surface area contributed by atoms with E-state index in [2.05, 4.69) is 10.2 Å². The maximum Gasteiger partial charge on any atom is 0.264 e. The topological polar surface area (TPSA) is 69.7 Å². The zero-order chi connectivity index (χ0) is 23.4. The van der Waals surface area contributed by atoms with Crippen LogP contribution in [0, 0.1) is 6.92 Å². The number of aryl methyl sites for hydroxylation is 1. The summed E-state index contributed by atoms with van der Waals surface area (Å²) < 4.78 is 27.2. The average molecular weight is 464 g/mol. The summed E-state index contributed by atoms with van der Waals surface area (Å²) in [6, 6.07) is 21.2. The van der Waals surface area contributed by atoms with Gasteiger partial charge in [-0.2, -0.15) is 0 Å². The molecule has 1 N–H and O–H groups in total. The molecular formula is C26H29N3O3S. The van der Waals surface area contributed by atoms with Gasteiger partial charge in [-0.05, 0) is 80.8 Å². The minimum Gasteiger partial charge on any atom is -0.372 e.